The van der Waals surface area contributed by atoms with Gasteiger partial charge in [-0.2, -0.15) is 0 Å². The Balaban J connectivity index is 1.28. The smallest absolute Gasteiger partial charge is 0.255 e. The number of benzene rings is 1. The van der Waals surface area contributed by atoms with Crippen LogP contribution in [0.3, 0.4) is 0 Å². The summed E-state index contributed by atoms with van der Waals surface area (Å²) in [6.07, 6.45) is 11.4. The molecule has 1 atom stereocenters. The number of rotatable bonds is 6. The van der Waals surface area contributed by atoms with E-state index in [4.69, 9.17) is 9.72 Å². The fourth-order valence-electron chi connectivity index (χ4n) is 4.58. The lowest BCUT2D eigenvalue weighted by Crippen LogP contribution is -2.39. The van der Waals surface area contributed by atoms with Gasteiger partial charge in [-0.25, -0.2) is 9.97 Å². The SMILES string of the molecule is COc1ccccc1Cc1ccc(C(=O)N2CCC[C@@H](c3cncc(-c4nccn4C)n3)C2)cn1. The highest BCUT2D eigenvalue weighted by atomic mass is 16.5. The number of piperidine rings is 1. The maximum absolute atomic E-state index is 13.3. The predicted octanol–water partition coefficient (Wildman–Crippen LogP) is 3.89. The number of ether oxygens (including phenoxy) is 1. The second kappa shape index (κ2) is 10.0. The van der Waals surface area contributed by atoms with Crippen molar-refractivity contribution in [2.24, 2.45) is 7.05 Å². The minimum Gasteiger partial charge on any atom is -0.496 e. The van der Waals surface area contributed by atoms with Gasteiger partial charge in [-0.15, -0.1) is 0 Å². The van der Waals surface area contributed by atoms with Crippen molar-refractivity contribution in [1.82, 2.24) is 29.4 Å². The summed E-state index contributed by atoms with van der Waals surface area (Å²) in [6.45, 7) is 1.34. The average molecular weight is 469 g/mol. The Kier molecular flexibility index (Phi) is 6.52. The van der Waals surface area contributed by atoms with Crippen LogP contribution in [0.25, 0.3) is 11.5 Å². The molecule has 178 valence electrons. The quantitative estimate of drug-likeness (QED) is 0.427. The average Bonchev–Trinajstić information content (AvgIpc) is 3.35. The molecule has 1 aliphatic rings. The van der Waals surface area contributed by atoms with Gasteiger partial charge in [0.1, 0.15) is 11.4 Å². The Bertz CT molecular complexity index is 1320. The minimum atomic E-state index is -0.000688. The molecular weight excluding hydrogens is 440 g/mol. The number of nitrogens with zero attached hydrogens (tertiary/aromatic N) is 6. The van der Waals surface area contributed by atoms with E-state index >= 15 is 0 Å². The molecule has 8 heteroatoms. The van der Waals surface area contributed by atoms with E-state index in [9.17, 15) is 4.79 Å². The normalized spacial score (nSPS) is 15.7. The molecule has 8 nitrogen and oxygen atoms in total. The zero-order valence-corrected chi connectivity index (χ0v) is 20.0. The molecular formula is C27H28N6O2. The van der Waals surface area contributed by atoms with Gasteiger partial charge in [0.05, 0.1) is 24.6 Å². The van der Waals surface area contributed by atoms with Crippen molar-refractivity contribution in [3.8, 4) is 17.3 Å². The molecule has 1 aromatic carbocycles. The molecule has 4 heterocycles. The molecule has 0 bridgehead atoms. The van der Waals surface area contributed by atoms with Crippen LogP contribution in [0, 0.1) is 0 Å². The van der Waals surface area contributed by atoms with Crippen LogP contribution in [0.5, 0.6) is 5.75 Å². The molecule has 5 rings (SSSR count). The van der Waals surface area contributed by atoms with Gasteiger partial charge in [0, 0.05) is 68.5 Å². The Labute approximate surface area is 204 Å². The van der Waals surface area contributed by atoms with Gasteiger partial charge >= 0.3 is 0 Å². The van der Waals surface area contributed by atoms with Crippen molar-refractivity contribution in [2.45, 2.75) is 25.2 Å². The summed E-state index contributed by atoms with van der Waals surface area (Å²) in [5.74, 6) is 1.75. The number of hydrogen-bond acceptors (Lipinski definition) is 6. The summed E-state index contributed by atoms with van der Waals surface area (Å²) in [5.41, 5.74) is 4.20. The van der Waals surface area contributed by atoms with E-state index in [1.807, 2.05) is 59.1 Å². The molecule has 0 unspecified atom stereocenters. The highest BCUT2D eigenvalue weighted by molar-refractivity contribution is 5.94. The van der Waals surface area contributed by atoms with E-state index in [0.29, 0.717) is 18.5 Å². The predicted molar refractivity (Wildman–Crippen MR) is 132 cm³/mol. The Morgan fingerprint density at radius 2 is 2.00 bits per heavy atom. The number of pyridine rings is 1. The van der Waals surface area contributed by atoms with Crippen LogP contribution in [0.4, 0.5) is 0 Å². The van der Waals surface area contributed by atoms with Crippen LogP contribution in [0.15, 0.2) is 67.4 Å². The number of carbonyl (C=O) groups excluding carboxylic acids is 1. The Morgan fingerprint density at radius 1 is 1.11 bits per heavy atom. The van der Waals surface area contributed by atoms with E-state index in [1.165, 1.54) is 0 Å². The lowest BCUT2D eigenvalue weighted by Gasteiger charge is -2.32. The van der Waals surface area contributed by atoms with E-state index in [0.717, 1.165) is 53.6 Å². The largest absolute Gasteiger partial charge is 0.496 e. The van der Waals surface area contributed by atoms with Crippen LogP contribution in [-0.4, -0.2) is 55.5 Å². The molecule has 0 saturated carbocycles. The first-order valence-electron chi connectivity index (χ1n) is 11.8. The zero-order valence-electron chi connectivity index (χ0n) is 20.0. The summed E-state index contributed by atoms with van der Waals surface area (Å²) >= 11 is 0. The maximum Gasteiger partial charge on any atom is 0.255 e. The number of methoxy groups -OCH3 is 1. The van der Waals surface area contributed by atoms with Crippen molar-refractivity contribution in [2.75, 3.05) is 20.2 Å². The fraction of sp³-hybridized carbons (Fsp3) is 0.296. The third-order valence-corrected chi connectivity index (χ3v) is 6.47. The number of likely N-dealkylation sites (tertiary alicyclic amines) is 1. The van der Waals surface area contributed by atoms with Crippen molar-refractivity contribution in [3.05, 3.63) is 89.9 Å². The number of hydrogen-bond donors (Lipinski definition) is 0. The zero-order chi connectivity index (χ0) is 24.2. The highest BCUT2D eigenvalue weighted by Gasteiger charge is 2.27. The molecule has 4 aromatic rings. The van der Waals surface area contributed by atoms with Crippen LogP contribution in [0.2, 0.25) is 0 Å². The number of amides is 1. The molecule has 1 saturated heterocycles. The molecule has 1 aliphatic heterocycles. The highest BCUT2D eigenvalue weighted by Crippen LogP contribution is 2.28. The minimum absolute atomic E-state index is 0.000688. The summed E-state index contributed by atoms with van der Waals surface area (Å²) in [4.78, 5) is 33.3. The number of aromatic nitrogens is 5. The van der Waals surface area contributed by atoms with Crippen LogP contribution < -0.4 is 4.74 Å². The molecule has 0 spiro atoms. The van der Waals surface area contributed by atoms with Gasteiger partial charge < -0.3 is 14.2 Å². The van der Waals surface area contributed by atoms with Gasteiger partial charge in [-0.05, 0) is 31.0 Å². The van der Waals surface area contributed by atoms with Gasteiger partial charge in [0.15, 0.2) is 5.82 Å². The first-order valence-corrected chi connectivity index (χ1v) is 11.8. The summed E-state index contributed by atoms with van der Waals surface area (Å²) < 4.78 is 7.36. The Hall–Kier alpha value is -4.07. The van der Waals surface area contributed by atoms with Gasteiger partial charge in [0.2, 0.25) is 0 Å². The number of para-hydroxylation sites is 1. The lowest BCUT2D eigenvalue weighted by atomic mass is 9.94. The first kappa shape index (κ1) is 22.7. The summed E-state index contributed by atoms with van der Waals surface area (Å²) in [5, 5.41) is 0. The van der Waals surface area contributed by atoms with Gasteiger partial charge in [0.25, 0.3) is 5.91 Å². The third kappa shape index (κ3) is 4.91. The van der Waals surface area contributed by atoms with Crippen molar-refractivity contribution in [1.29, 1.82) is 0 Å². The maximum atomic E-state index is 13.3. The molecule has 35 heavy (non-hydrogen) atoms. The molecule has 1 amide bonds. The molecule has 3 aromatic heterocycles. The van der Waals surface area contributed by atoms with Crippen molar-refractivity contribution in [3.63, 3.8) is 0 Å². The second-order valence-electron chi connectivity index (χ2n) is 8.81. The summed E-state index contributed by atoms with van der Waals surface area (Å²) in [6, 6.07) is 11.7. The number of aryl methyl sites for hydroxylation is 1. The van der Waals surface area contributed by atoms with Crippen LogP contribution in [0.1, 0.15) is 46.1 Å². The van der Waals surface area contributed by atoms with Crippen LogP contribution >= 0.6 is 0 Å². The lowest BCUT2D eigenvalue weighted by molar-refractivity contribution is 0.0705. The molecule has 1 fully saturated rings. The monoisotopic (exact) mass is 468 g/mol. The van der Waals surface area contributed by atoms with Crippen molar-refractivity contribution >= 4 is 5.91 Å². The van der Waals surface area contributed by atoms with Gasteiger partial charge in [-0.1, -0.05) is 18.2 Å². The fourth-order valence-corrected chi connectivity index (χ4v) is 4.58. The standard InChI is InChI=1S/C27H28N6O2/c1-32-13-11-29-26(32)24-17-28-16-23(31-24)21-7-5-12-33(18-21)27(34)20-9-10-22(30-15-20)14-19-6-3-4-8-25(19)35-2/h3-4,6,8-11,13,15-17,21H,5,7,12,14,18H2,1-2H3/t21-/m1/s1. The number of imidazole rings is 1. The number of carbonyl (C=O) groups is 1. The Morgan fingerprint density at radius 3 is 2.77 bits per heavy atom. The second-order valence-corrected chi connectivity index (χ2v) is 8.81. The summed E-state index contributed by atoms with van der Waals surface area (Å²) in [7, 11) is 3.60. The van der Waals surface area contributed by atoms with E-state index < -0.39 is 0 Å². The molecule has 0 aliphatic carbocycles. The first-order chi connectivity index (χ1) is 17.1. The topological polar surface area (TPSA) is 86.0 Å². The molecule has 0 N–H and O–H groups in total. The van der Waals surface area contributed by atoms with Crippen molar-refractivity contribution < 1.29 is 9.53 Å². The van der Waals surface area contributed by atoms with Crippen LogP contribution in [-0.2, 0) is 13.5 Å². The van der Waals surface area contributed by atoms with E-state index in [1.54, 1.807) is 31.9 Å². The van der Waals surface area contributed by atoms with E-state index in [-0.39, 0.29) is 11.8 Å². The molecule has 0 radical (unpaired) electrons. The van der Waals surface area contributed by atoms with E-state index in [2.05, 4.69) is 15.0 Å². The van der Waals surface area contributed by atoms with Gasteiger partial charge in [-0.3, -0.25) is 14.8 Å². The third-order valence-electron chi connectivity index (χ3n) is 6.47.